The first-order chi connectivity index (χ1) is 16.5. The molecule has 7 nitrogen and oxygen atoms in total. The van der Waals surface area contributed by atoms with Gasteiger partial charge in [-0.1, -0.05) is 24.3 Å². The van der Waals surface area contributed by atoms with E-state index in [9.17, 15) is 9.59 Å². The van der Waals surface area contributed by atoms with Crippen molar-refractivity contribution in [1.29, 1.82) is 0 Å². The molecule has 3 aromatic carbocycles. The number of aryl methyl sites for hydroxylation is 1. The number of anilines is 2. The van der Waals surface area contributed by atoms with E-state index in [1.807, 2.05) is 79.7 Å². The topological polar surface area (TPSA) is 79.9 Å². The standard InChI is InChI=1S/C27H29N3O4/c1-19-6-5-7-23(18-19)34-22-12-10-21(11-13-22)28-27(32)30-16-14-20(15-17-30)26(31)29-24-8-3-4-9-25(24)33-2/h3-13,18,20H,14-17H2,1-2H3,(H,28,32)(H,29,31). The lowest BCUT2D eigenvalue weighted by Gasteiger charge is -2.31. The highest BCUT2D eigenvalue weighted by molar-refractivity contribution is 5.94. The maximum Gasteiger partial charge on any atom is 0.321 e. The number of benzene rings is 3. The van der Waals surface area contributed by atoms with Crippen molar-refractivity contribution in [2.24, 2.45) is 5.92 Å². The van der Waals surface area contributed by atoms with E-state index in [0.717, 1.165) is 11.3 Å². The van der Waals surface area contributed by atoms with Crippen LogP contribution in [0.2, 0.25) is 0 Å². The number of rotatable bonds is 6. The van der Waals surface area contributed by atoms with Gasteiger partial charge in [0, 0.05) is 24.7 Å². The number of nitrogens with one attached hydrogen (secondary N) is 2. The minimum absolute atomic E-state index is 0.0474. The Balaban J connectivity index is 1.26. The smallest absolute Gasteiger partial charge is 0.321 e. The van der Waals surface area contributed by atoms with E-state index in [1.165, 1.54) is 0 Å². The molecule has 0 saturated carbocycles. The van der Waals surface area contributed by atoms with E-state index in [1.54, 1.807) is 12.0 Å². The summed E-state index contributed by atoms with van der Waals surface area (Å²) >= 11 is 0. The van der Waals surface area contributed by atoms with Crippen LogP contribution in [0.5, 0.6) is 17.2 Å². The third-order valence-corrected chi connectivity index (χ3v) is 5.85. The van der Waals surface area contributed by atoms with Gasteiger partial charge in [0.05, 0.1) is 12.8 Å². The average Bonchev–Trinajstić information content (AvgIpc) is 2.85. The van der Waals surface area contributed by atoms with Crippen molar-refractivity contribution >= 4 is 23.3 Å². The second kappa shape index (κ2) is 10.7. The molecule has 0 aromatic heterocycles. The monoisotopic (exact) mass is 459 g/mol. The van der Waals surface area contributed by atoms with Crippen molar-refractivity contribution in [2.45, 2.75) is 19.8 Å². The Kier molecular flexibility index (Phi) is 7.32. The van der Waals surface area contributed by atoms with Gasteiger partial charge in [-0.25, -0.2) is 4.79 Å². The molecule has 1 saturated heterocycles. The van der Waals surface area contributed by atoms with Crippen molar-refractivity contribution in [3.8, 4) is 17.2 Å². The molecule has 0 radical (unpaired) electrons. The Morgan fingerprint density at radius 3 is 2.32 bits per heavy atom. The minimum Gasteiger partial charge on any atom is -0.495 e. The summed E-state index contributed by atoms with van der Waals surface area (Å²) in [4.78, 5) is 27.1. The number of piperidine rings is 1. The predicted molar refractivity (Wildman–Crippen MR) is 133 cm³/mol. The molecule has 3 amide bonds. The molecule has 0 bridgehead atoms. The zero-order valence-electron chi connectivity index (χ0n) is 19.4. The number of hydrogen-bond donors (Lipinski definition) is 2. The molecular weight excluding hydrogens is 430 g/mol. The lowest BCUT2D eigenvalue weighted by atomic mass is 9.96. The van der Waals surface area contributed by atoms with Gasteiger partial charge in [0.1, 0.15) is 17.2 Å². The van der Waals surface area contributed by atoms with E-state index < -0.39 is 0 Å². The fraction of sp³-hybridized carbons (Fsp3) is 0.259. The number of carbonyl (C=O) groups excluding carboxylic acids is 2. The third kappa shape index (κ3) is 5.86. The molecule has 3 aromatic rings. The number of methoxy groups -OCH3 is 1. The summed E-state index contributed by atoms with van der Waals surface area (Å²) in [5.74, 6) is 1.91. The largest absolute Gasteiger partial charge is 0.495 e. The molecule has 0 aliphatic carbocycles. The van der Waals surface area contributed by atoms with Crippen LogP contribution in [0.25, 0.3) is 0 Å². The van der Waals surface area contributed by atoms with Gasteiger partial charge in [-0.15, -0.1) is 0 Å². The van der Waals surface area contributed by atoms with Gasteiger partial charge in [0.2, 0.25) is 5.91 Å². The van der Waals surface area contributed by atoms with Crippen LogP contribution in [-0.4, -0.2) is 37.0 Å². The first-order valence-electron chi connectivity index (χ1n) is 11.4. The molecule has 0 atom stereocenters. The number of carbonyl (C=O) groups is 2. The van der Waals surface area contributed by atoms with Crippen molar-refractivity contribution in [1.82, 2.24) is 4.90 Å². The van der Waals surface area contributed by atoms with Crippen molar-refractivity contribution < 1.29 is 19.1 Å². The summed E-state index contributed by atoms with van der Waals surface area (Å²) in [6.07, 6.45) is 1.22. The third-order valence-electron chi connectivity index (χ3n) is 5.85. The second-order valence-corrected chi connectivity index (χ2v) is 8.32. The quantitative estimate of drug-likeness (QED) is 0.497. The number of hydrogen-bond acceptors (Lipinski definition) is 4. The average molecular weight is 460 g/mol. The molecule has 176 valence electrons. The van der Waals surface area contributed by atoms with Gasteiger partial charge >= 0.3 is 6.03 Å². The summed E-state index contributed by atoms with van der Waals surface area (Å²) < 4.78 is 11.2. The summed E-state index contributed by atoms with van der Waals surface area (Å²) in [6, 6.07) is 22.3. The second-order valence-electron chi connectivity index (χ2n) is 8.32. The molecule has 2 N–H and O–H groups in total. The predicted octanol–water partition coefficient (Wildman–Crippen LogP) is 5.68. The lowest BCUT2D eigenvalue weighted by Crippen LogP contribution is -2.43. The van der Waals surface area contributed by atoms with Crippen LogP contribution >= 0.6 is 0 Å². The maximum absolute atomic E-state index is 12.7. The molecule has 4 rings (SSSR count). The van der Waals surface area contributed by atoms with Gasteiger partial charge in [-0.3, -0.25) is 4.79 Å². The molecule has 0 unspecified atom stereocenters. The summed E-state index contributed by atoms with van der Waals surface area (Å²) in [6.45, 7) is 3.05. The number of nitrogens with zero attached hydrogens (tertiary/aromatic N) is 1. The Labute approximate surface area is 199 Å². The molecule has 1 fully saturated rings. The maximum atomic E-state index is 12.7. The van der Waals surface area contributed by atoms with Crippen LogP contribution in [0.3, 0.4) is 0 Å². The van der Waals surface area contributed by atoms with E-state index in [-0.39, 0.29) is 17.9 Å². The fourth-order valence-corrected chi connectivity index (χ4v) is 3.95. The van der Waals surface area contributed by atoms with E-state index in [2.05, 4.69) is 10.6 Å². The van der Waals surface area contributed by atoms with Gasteiger partial charge in [-0.2, -0.15) is 0 Å². The van der Waals surface area contributed by atoms with Crippen LogP contribution in [0.1, 0.15) is 18.4 Å². The highest BCUT2D eigenvalue weighted by Gasteiger charge is 2.27. The Hall–Kier alpha value is -4.00. The first-order valence-corrected chi connectivity index (χ1v) is 11.4. The van der Waals surface area contributed by atoms with Gasteiger partial charge in [0.25, 0.3) is 0 Å². The summed E-state index contributed by atoms with van der Waals surface area (Å²) in [5, 5.41) is 5.87. The summed E-state index contributed by atoms with van der Waals surface area (Å²) in [7, 11) is 1.58. The van der Waals surface area contributed by atoms with E-state index in [0.29, 0.717) is 48.8 Å². The number of para-hydroxylation sites is 2. The highest BCUT2D eigenvalue weighted by Crippen LogP contribution is 2.27. The molecule has 0 spiro atoms. The fourth-order valence-electron chi connectivity index (χ4n) is 3.95. The van der Waals surface area contributed by atoms with Crippen LogP contribution in [0.15, 0.2) is 72.8 Å². The number of urea groups is 1. The van der Waals surface area contributed by atoms with Crippen LogP contribution < -0.4 is 20.1 Å². The van der Waals surface area contributed by atoms with Crippen molar-refractivity contribution in [2.75, 3.05) is 30.8 Å². The van der Waals surface area contributed by atoms with Crippen molar-refractivity contribution in [3.63, 3.8) is 0 Å². The van der Waals surface area contributed by atoms with Gasteiger partial charge in [-0.05, 0) is 73.9 Å². The minimum atomic E-state index is -0.170. The normalized spacial score (nSPS) is 13.8. The molecular formula is C27H29N3O4. The van der Waals surface area contributed by atoms with Gasteiger partial charge < -0.3 is 25.0 Å². The SMILES string of the molecule is COc1ccccc1NC(=O)C1CCN(C(=O)Nc2ccc(Oc3cccc(C)c3)cc2)CC1. The molecule has 1 aliphatic heterocycles. The Morgan fingerprint density at radius 2 is 1.62 bits per heavy atom. The number of likely N-dealkylation sites (tertiary alicyclic amines) is 1. The zero-order chi connectivity index (χ0) is 23.9. The summed E-state index contributed by atoms with van der Waals surface area (Å²) in [5.41, 5.74) is 2.48. The first kappa shape index (κ1) is 23.2. The van der Waals surface area contributed by atoms with Crippen LogP contribution in [-0.2, 0) is 4.79 Å². The lowest BCUT2D eigenvalue weighted by molar-refractivity contribution is -0.121. The van der Waals surface area contributed by atoms with Gasteiger partial charge in [0.15, 0.2) is 0 Å². The number of ether oxygens (including phenoxy) is 2. The molecule has 1 heterocycles. The Bertz CT molecular complexity index is 1140. The van der Waals surface area contributed by atoms with Crippen molar-refractivity contribution in [3.05, 3.63) is 78.4 Å². The molecule has 34 heavy (non-hydrogen) atoms. The number of amides is 3. The van der Waals surface area contributed by atoms with E-state index >= 15 is 0 Å². The molecule has 7 heteroatoms. The molecule has 1 aliphatic rings. The zero-order valence-corrected chi connectivity index (χ0v) is 19.4. The van der Waals surface area contributed by atoms with Crippen LogP contribution in [0, 0.1) is 12.8 Å². The highest BCUT2D eigenvalue weighted by atomic mass is 16.5. The van der Waals surface area contributed by atoms with E-state index in [4.69, 9.17) is 9.47 Å². The Morgan fingerprint density at radius 1 is 0.882 bits per heavy atom. The van der Waals surface area contributed by atoms with Crippen LogP contribution in [0.4, 0.5) is 16.2 Å².